The Bertz CT molecular complexity index is 516. The maximum Gasteiger partial charge on any atom is 0.145 e. The molecule has 4 bridgehead atoms. The van der Waals surface area contributed by atoms with Gasteiger partial charge in [0.25, 0.3) is 0 Å². The fourth-order valence-electron chi connectivity index (χ4n) is 5.69. The Kier molecular flexibility index (Phi) is 3.02. The SMILES string of the molecule is Cc1ncc(NC(C)C23CC4CC(CC(C4)C2)C3)nc1C. The molecular weight excluding hydrogens is 258 g/mol. The van der Waals surface area contributed by atoms with Crippen molar-refractivity contribution in [3.05, 3.63) is 17.6 Å². The van der Waals surface area contributed by atoms with Crippen LogP contribution in [0.2, 0.25) is 0 Å². The Morgan fingerprint density at radius 1 is 1.05 bits per heavy atom. The Labute approximate surface area is 128 Å². The van der Waals surface area contributed by atoms with E-state index in [-0.39, 0.29) is 0 Å². The summed E-state index contributed by atoms with van der Waals surface area (Å²) in [5, 5.41) is 3.69. The second-order valence-electron chi connectivity index (χ2n) is 8.07. The Morgan fingerprint density at radius 2 is 1.62 bits per heavy atom. The van der Waals surface area contributed by atoms with Crippen molar-refractivity contribution in [3.8, 4) is 0 Å². The Balaban J connectivity index is 1.54. The predicted octanol–water partition coefficient (Wildman–Crippen LogP) is 4.11. The number of hydrogen-bond acceptors (Lipinski definition) is 3. The van der Waals surface area contributed by atoms with Gasteiger partial charge in [0.1, 0.15) is 5.82 Å². The molecule has 0 aliphatic heterocycles. The Morgan fingerprint density at radius 3 is 2.14 bits per heavy atom. The number of anilines is 1. The average molecular weight is 285 g/mol. The van der Waals surface area contributed by atoms with Gasteiger partial charge in [0.2, 0.25) is 0 Å². The second-order valence-corrected chi connectivity index (χ2v) is 8.07. The van der Waals surface area contributed by atoms with Crippen LogP contribution < -0.4 is 5.32 Å². The monoisotopic (exact) mass is 285 g/mol. The zero-order chi connectivity index (χ0) is 14.6. The van der Waals surface area contributed by atoms with Crippen molar-refractivity contribution in [2.45, 2.75) is 65.3 Å². The first-order valence-corrected chi connectivity index (χ1v) is 8.61. The molecule has 5 rings (SSSR count). The highest BCUT2D eigenvalue weighted by Gasteiger charge is 2.53. The number of hydrogen-bond donors (Lipinski definition) is 1. The van der Waals surface area contributed by atoms with E-state index in [1.807, 2.05) is 20.0 Å². The molecule has 0 amide bonds. The van der Waals surface area contributed by atoms with Gasteiger partial charge in [-0.25, -0.2) is 4.98 Å². The number of aromatic nitrogens is 2. The van der Waals surface area contributed by atoms with Crippen LogP contribution in [0.4, 0.5) is 5.82 Å². The fraction of sp³-hybridized carbons (Fsp3) is 0.778. The molecule has 1 N–H and O–H groups in total. The molecule has 4 fully saturated rings. The molecule has 1 atom stereocenters. The van der Waals surface area contributed by atoms with Crippen molar-refractivity contribution >= 4 is 5.82 Å². The molecule has 3 heteroatoms. The van der Waals surface area contributed by atoms with Gasteiger partial charge in [-0.15, -0.1) is 0 Å². The summed E-state index contributed by atoms with van der Waals surface area (Å²) in [6.07, 6.45) is 10.7. The van der Waals surface area contributed by atoms with E-state index in [0.29, 0.717) is 11.5 Å². The van der Waals surface area contributed by atoms with E-state index in [1.54, 1.807) is 0 Å². The van der Waals surface area contributed by atoms with E-state index >= 15 is 0 Å². The fourth-order valence-corrected chi connectivity index (χ4v) is 5.69. The van der Waals surface area contributed by atoms with Crippen LogP contribution in [-0.2, 0) is 0 Å². The molecule has 4 aliphatic rings. The summed E-state index contributed by atoms with van der Waals surface area (Å²) in [5.41, 5.74) is 2.59. The minimum atomic E-state index is 0.516. The average Bonchev–Trinajstić information content (AvgIpc) is 2.41. The molecule has 114 valence electrons. The molecule has 1 aromatic rings. The molecule has 0 aromatic carbocycles. The minimum Gasteiger partial charge on any atom is -0.366 e. The third-order valence-corrected chi connectivity index (χ3v) is 6.56. The predicted molar refractivity (Wildman–Crippen MR) is 85.2 cm³/mol. The molecule has 1 aromatic heterocycles. The molecule has 3 nitrogen and oxygen atoms in total. The third-order valence-electron chi connectivity index (χ3n) is 6.56. The lowest BCUT2D eigenvalue weighted by Gasteiger charge is -2.59. The van der Waals surface area contributed by atoms with Crippen molar-refractivity contribution in [2.75, 3.05) is 5.32 Å². The van der Waals surface area contributed by atoms with Crippen LogP contribution in [0.25, 0.3) is 0 Å². The highest BCUT2D eigenvalue weighted by Crippen LogP contribution is 2.61. The standard InChI is InChI=1S/C18H27N3/c1-11-12(2)20-17(10-19-11)21-13(3)18-7-14-4-15(8-18)6-16(5-14)9-18/h10,13-16H,4-9H2,1-3H3,(H,20,21). The lowest BCUT2D eigenvalue weighted by molar-refractivity contribution is -0.0603. The van der Waals surface area contributed by atoms with Crippen LogP contribution in [0.15, 0.2) is 6.20 Å². The number of nitrogens with zero attached hydrogens (tertiary/aromatic N) is 2. The summed E-state index contributed by atoms with van der Waals surface area (Å²) in [5.74, 6) is 3.98. The molecule has 0 spiro atoms. The van der Waals surface area contributed by atoms with Gasteiger partial charge in [-0.05, 0) is 82.5 Å². The maximum absolute atomic E-state index is 4.67. The summed E-state index contributed by atoms with van der Waals surface area (Å²) >= 11 is 0. The smallest absolute Gasteiger partial charge is 0.145 e. The quantitative estimate of drug-likeness (QED) is 0.908. The first-order valence-electron chi connectivity index (χ1n) is 8.61. The zero-order valence-electron chi connectivity index (χ0n) is 13.5. The lowest BCUT2D eigenvalue weighted by Crippen LogP contribution is -2.53. The van der Waals surface area contributed by atoms with Crippen LogP contribution in [0, 0.1) is 37.0 Å². The van der Waals surface area contributed by atoms with E-state index in [9.17, 15) is 0 Å². The first kappa shape index (κ1) is 13.5. The van der Waals surface area contributed by atoms with Crippen molar-refractivity contribution in [1.29, 1.82) is 0 Å². The van der Waals surface area contributed by atoms with E-state index < -0.39 is 0 Å². The highest BCUT2D eigenvalue weighted by molar-refractivity contribution is 5.35. The molecule has 4 aliphatic carbocycles. The molecule has 4 saturated carbocycles. The van der Waals surface area contributed by atoms with E-state index in [0.717, 1.165) is 35.0 Å². The van der Waals surface area contributed by atoms with Gasteiger partial charge in [-0.2, -0.15) is 0 Å². The molecule has 0 saturated heterocycles. The zero-order valence-corrected chi connectivity index (χ0v) is 13.5. The van der Waals surface area contributed by atoms with Gasteiger partial charge in [0, 0.05) is 6.04 Å². The maximum atomic E-state index is 4.67. The van der Waals surface area contributed by atoms with Crippen LogP contribution >= 0.6 is 0 Å². The summed E-state index contributed by atoms with van der Waals surface area (Å²) in [4.78, 5) is 9.12. The summed E-state index contributed by atoms with van der Waals surface area (Å²) in [6.45, 7) is 6.45. The molecule has 1 heterocycles. The van der Waals surface area contributed by atoms with E-state index in [1.165, 1.54) is 38.5 Å². The van der Waals surface area contributed by atoms with Crippen LogP contribution in [0.5, 0.6) is 0 Å². The van der Waals surface area contributed by atoms with Crippen molar-refractivity contribution in [2.24, 2.45) is 23.2 Å². The Hall–Kier alpha value is -1.12. The van der Waals surface area contributed by atoms with Crippen molar-refractivity contribution in [1.82, 2.24) is 9.97 Å². The van der Waals surface area contributed by atoms with Gasteiger partial charge >= 0.3 is 0 Å². The normalized spacial score (nSPS) is 38.5. The largest absolute Gasteiger partial charge is 0.366 e. The van der Waals surface area contributed by atoms with Gasteiger partial charge in [-0.1, -0.05) is 0 Å². The van der Waals surface area contributed by atoms with Crippen LogP contribution in [0.3, 0.4) is 0 Å². The number of rotatable bonds is 3. The first-order chi connectivity index (χ1) is 10.0. The second kappa shape index (κ2) is 4.69. The molecule has 1 unspecified atom stereocenters. The number of aryl methyl sites for hydroxylation is 2. The summed E-state index contributed by atoms with van der Waals surface area (Å²) in [7, 11) is 0. The minimum absolute atomic E-state index is 0.516. The number of nitrogens with one attached hydrogen (secondary N) is 1. The topological polar surface area (TPSA) is 37.8 Å². The third kappa shape index (κ3) is 2.25. The van der Waals surface area contributed by atoms with Gasteiger partial charge in [0.15, 0.2) is 0 Å². The van der Waals surface area contributed by atoms with Gasteiger partial charge < -0.3 is 5.32 Å². The molecule has 21 heavy (non-hydrogen) atoms. The van der Waals surface area contributed by atoms with E-state index in [2.05, 4.69) is 22.2 Å². The van der Waals surface area contributed by atoms with Crippen LogP contribution in [-0.4, -0.2) is 16.0 Å². The lowest BCUT2D eigenvalue weighted by atomic mass is 9.48. The van der Waals surface area contributed by atoms with Crippen LogP contribution in [0.1, 0.15) is 56.8 Å². The summed E-state index contributed by atoms with van der Waals surface area (Å²) < 4.78 is 0. The van der Waals surface area contributed by atoms with Crippen molar-refractivity contribution in [3.63, 3.8) is 0 Å². The highest BCUT2D eigenvalue weighted by atomic mass is 15.0. The van der Waals surface area contributed by atoms with Gasteiger partial charge in [-0.3, -0.25) is 4.98 Å². The van der Waals surface area contributed by atoms with E-state index in [4.69, 9.17) is 0 Å². The molecular formula is C18H27N3. The molecule has 0 radical (unpaired) electrons. The summed E-state index contributed by atoms with van der Waals surface area (Å²) in [6, 6.07) is 0.516. The van der Waals surface area contributed by atoms with Gasteiger partial charge in [0.05, 0.1) is 17.6 Å². The van der Waals surface area contributed by atoms with Crippen molar-refractivity contribution < 1.29 is 0 Å².